The molecule has 1 aromatic rings. The van der Waals surface area contributed by atoms with Gasteiger partial charge in [-0.1, -0.05) is 13.8 Å². The molecule has 1 rings (SSSR count). The Bertz CT molecular complexity index is 324. The van der Waals surface area contributed by atoms with Gasteiger partial charge in [-0.25, -0.2) is 4.98 Å². The van der Waals surface area contributed by atoms with Crippen molar-refractivity contribution in [3.05, 3.63) is 12.2 Å². The standard InChI is InChI=1S/C12H24N4O/c1-6-16-11(14-8-15-16)7-10(13-4)12(17-5)9(2)3/h8-10,12-13H,6-7H2,1-5H3. The minimum absolute atomic E-state index is 0.182. The van der Waals surface area contributed by atoms with E-state index in [-0.39, 0.29) is 12.1 Å². The van der Waals surface area contributed by atoms with E-state index in [1.165, 1.54) is 0 Å². The van der Waals surface area contributed by atoms with Crippen molar-refractivity contribution in [3.8, 4) is 0 Å². The van der Waals surface area contributed by atoms with E-state index in [4.69, 9.17) is 4.74 Å². The first-order chi connectivity index (χ1) is 8.13. The topological polar surface area (TPSA) is 52.0 Å². The molecule has 0 aliphatic rings. The van der Waals surface area contributed by atoms with E-state index in [0.717, 1.165) is 18.8 Å². The van der Waals surface area contributed by atoms with Gasteiger partial charge in [-0.05, 0) is 19.9 Å². The molecule has 1 N–H and O–H groups in total. The number of nitrogens with zero attached hydrogens (tertiary/aromatic N) is 3. The second-order valence-corrected chi connectivity index (χ2v) is 4.54. The minimum Gasteiger partial charge on any atom is -0.380 e. The molecule has 2 atom stereocenters. The van der Waals surface area contributed by atoms with Gasteiger partial charge in [0.1, 0.15) is 12.2 Å². The summed E-state index contributed by atoms with van der Waals surface area (Å²) in [6, 6.07) is 0.259. The highest BCUT2D eigenvalue weighted by Gasteiger charge is 2.24. The van der Waals surface area contributed by atoms with E-state index in [2.05, 4.69) is 36.2 Å². The predicted octanol–water partition coefficient (Wildman–Crippen LogP) is 1.10. The van der Waals surface area contributed by atoms with Gasteiger partial charge in [-0.2, -0.15) is 5.10 Å². The molecular weight excluding hydrogens is 216 g/mol. The molecule has 1 heterocycles. The van der Waals surface area contributed by atoms with Crippen LogP contribution in [0.1, 0.15) is 26.6 Å². The quantitative estimate of drug-likeness (QED) is 0.775. The van der Waals surface area contributed by atoms with Gasteiger partial charge < -0.3 is 10.1 Å². The molecule has 1 aromatic heterocycles. The van der Waals surface area contributed by atoms with Gasteiger partial charge in [-0.15, -0.1) is 0 Å². The van der Waals surface area contributed by atoms with Crippen molar-refractivity contribution < 1.29 is 4.74 Å². The van der Waals surface area contributed by atoms with Crippen LogP contribution < -0.4 is 5.32 Å². The van der Waals surface area contributed by atoms with E-state index >= 15 is 0 Å². The lowest BCUT2D eigenvalue weighted by Gasteiger charge is -2.28. The summed E-state index contributed by atoms with van der Waals surface area (Å²) in [5, 5.41) is 7.51. The maximum atomic E-state index is 5.57. The number of rotatable bonds is 7. The van der Waals surface area contributed by atoms with Crippen LogP contribution in [0.4, 0.5) is 0 Å². The zero-order valence-electron chi connectivity index (χ0n) is 11.5. The second kappa shape index (κ2) is 6.71. The monoisotopic (exact) mass is 240 g/mol. The lowest BCUT2D eigenvalue weighted by atomic mass is 9.97. The maximum Gasteiger partial charge on any atom is 0.138 e. The molecule has 0 fully saturated rings. The summed E-state index contributed by atoms with van der Waals surface area (Å²) in [5.74, 6) is 1.48. The molecule has 0 amide bonds. The SMILES string of the molecule is CCn1ncnc1CC(NC)C(OC)C(C)C. The first kappa shape index (κ1) is 14.1. The average molecular weight is 240 g/mol. The number of hydrogen-bond donors (Lipinski definition) is 1. The van der Waals surface area contributed by atoms with Crippen molar-refractivity contribution >= 4 is 0 Å². The van der Waals surface area contributed by atoms with Crippen LogP contribution in [0, 0.1) is 5.92 Å². The van der Waals surface area contributed by atoms with Gasteiger partial charge in [0.15, 0.2) is 0 Å². The Kier molecular flexibility index (Phi) is 5.58. The molecule has 0 saturated heterocycles. The van der Waals surface area contributed by atoms with Crippen LogP contribution >= 0.6 is 0 Å². The van der Waals surface area contributed by atoms with Gasteiger partial charge >= 0.3 is 0 Å². The van der Waals surface area contributed by atoms with Crippen LogP contribution in [0.5, 0.6) is 0 Å². The predicted molar refractivity (Wildman–Crippen MR) is 67.9 cm³/mol. The number of aryl methyl sites for hydroxylation is 1. The Morgan fingerprint density at radius 2 is 2.18 bits per heavy atom. The Hall–Kier alpha value is -0.940. The Labute approximate surface area is 104 Å². The molecule has 0 aromatic carbocycles. The number of hydrogen-bond acceptors (Lipinski definition) is 4. The summed E-state index contributed by atoms with van der Waals surface area (Å²) in [5.41, 5.74) is 0. The Morgan fingerprint density at radius 1 is 1.47 bits per heavy atom. The van der Waals surface area contributed by atoms with E-state index in [1.807, 2.05) is 11.7 Å². The molecule has 0 spiro atoms. The lowest BCUT2D eigenvalue weighted by Crippen LogP contribution is -2.44. The zero-order valence-corrected chi connectivity index (χ0v) is 11.5. The van der Waals surface area contributed by atoms with Crippen LogP contribution in [0.2, 0.25) is 0 Å². The highest BCUT2D eigenvalue weighted by atomic mass is 16.5. The number of aromatic nitrogens is 3. The van der Waals surface area contributed by atoms with Gasteiger partial charge in [0, 0.05) is 26.1 Å². The van der Waals surface area contributed by atoms with Gasteiger partial charge in [-0.3, -0.25) is 4.68 Å². The highest BCUT2D eigenvalue weighted by molar-refractivity contribution is 4.93. The fourth-order valence-corrected chi connectivity index (χ4v) is 2.19. The molecule has 17 heavy (non-hydrogen) atoms. The first-order valence-electron chi connectivity index (χ1n) is 6.20. The van der Waals surface area contributed by atoms with E-state index in [9.17, 15) is 0 Å². The normalized spacial score (nSPS) is 15.2. The number of nitrogens with one attached hydrogen (secondary N) is 1. The third-order valence-corrected chi connectivity index (χ3v) is 3.09. The lowest BCUT2D eigenvalue weighted by molar-refractivity contribution is 0.0346. The molecule has 2 unspecified atom stereocenters. The number of ether oxygens (including phenoxy) is 1. The summed E-state index contributed by atoms with van der Waals surface area (Å²) in [6.07, 6.45) is 2.63. The maximum absolute atomic E-state index is 5.57. The smallest absolute Gasteiger partial charge is 0.138 e. The van der Waals surface area contributed by atoms with E-state index in [1.54, 1.807) is 13.4 Å². The first-order valence-corrected chi connectivity index (χ1v) is 6.20. The molecule has 5 heteroatoms. The summed E-state index contributed by atoms with van der Waals surface area (Å²) < 4.78 is 7.50. The summed E-state index contributed by atoms with van der Waals surface area (Å²) in [7, 11) is 3.73. The fourth-order valence-electron chi connectivity index (χ4n) is 2.19. The molecule has 0 aliphatic heterocycles. The van der Waals surface area contributed by atoms with Crippen LogP contribution in [0.25, 0.3) is 0 Å². The minimum atomic E-state index is 0.182. The third-order valence-electron chi connectivity index (χ3n) is 3.09. The number of methoxy groups -OCH3 is 1. The summed E-state index contributed by atoms with van der Waals surface area (Å²) >= 11 is 0. The molecule has 0 saturated carbocycles. The van der Waals surface area contributed by atoms with Gasteiger partial charge in [0.05, 0.1) is 6.10 Å². The Balaban J connectivity index is 2.75. The summed E-state index contributed by atoms with van der Waals surface area (Å²) in [6.45, 7) is 7.26. The Morgan fingerprint density at radius 3 is 2.65 bits per heavy atom. The van der Waals surface area contributed by atoms with Crippen LogP contribution in [0.15, 0.2) is 6.33 Å². The zero-order chi connectivity index (χ0) is 12.8. The molecular formula is C12H24N4O. The van der Waals surface area contributed by atoms with Crippen LogP contribution in [0.3, 0.4) is 0 Å². The molecule has 0 bridgehead atoms. The highest BCUT2D eigenvalue weighted by Crippen LogP contribution is 2.13. The second-order valence-electron chi connectivity index (χ2n) is 4.54. The van der Waals surface area contributed by atoms with Crippen molar-refractivity contribution in [1.29, 1.82) is 0 Å². The van der Waals surface area contributed by atoms with E-state index < -0.39 is 0 Å². The van der Waals surface area contributed by atoms with Crippen LogP contribution in [-0.2, 0) is 17.7 Å². The van der Waals surface area contributed by atoms with Gasteiger partial charge in [0.25, 0.3) is 0 Å². The molecule has 98 valence electrons. The third kappa shape index (κ3) is 3.51. The van der Waals surface area contributed by atoms with Crippen molar-refractivity contribution in [3.63, 3.8) is 0 Å². The average Bonchev–Trinajstić information content (AvgIpc) is 2.75. The van der Waals surface area contributed by atoms with Crippen molar-refractivity contribution in [1.82, 2.24) is 20.1 Å². The number of likely N-dealkylation sites (N-methyl/N-ethyl adjacent to an activating group) is 1. The molecule has 0 radical (unpaired) electrons. The van der Waals surface area contributed by atoms with Crippen molar-refractivity contribution in [2.45, 2.75) is 45.9 Å². The van der Waals surface area contributed by atoms with Gasteiger partial charge in [0.2, 0.25) is 0 Å². The van der Waals surface area contributed by atoms with Crippen molar-refractivity contribution in [2.24, 2.45) is 5.92 Å². The molecule has 5 nitrogen and oxygen atoms in total. The fraction of sp³-hybridized carbons (Fsp3) is 0.833. The molecule has 0 aliphatic carbocycles. The van der Waals surface area contributed by atoms with E-state index in [0.29, 0.717) is 5.92 Å². The largest absolute Gasteiger partial charge is 0.380 e. The summed E-state index contributed by atoms with van der Waals surface area (Å²) in [4.78, 5) is 4.31. The van der Waals surface area contributed by atoms with Crippen LogP contribution in [-0.4, -0.2) is 41.1 Å². The van der Waals surface area contributed by atoms with Crippen molar-refractivity contribution in [2.75, 3.05) is 14.2 Å².